The minimum Gasteiger partial charge on any atom is -0.371 e. The zero-order chi connectivity index (χ0) is 10.4. The normalized spacial score (nSPS) is 27.3. The van der Waals surface area contributed by atoms with Gasteiger partial charge in [0.2, 0.25) is 5.91 Å². The second kappa shape index (κ2) is 5.32. The van der Waals surface area contributed by atoms with E-state index in [-0.39, 0.29) is 11.5 Å². The highest BCUT2D eigenvalue weighted by Gasteiger charge is 2.27. The molecule has 14 heavy (non-hydrogen) atoms. The molecule has 1 rings (SSSR count). The Kier molecular flexibility index (Phi) is 4.35. The van der Waals surface area contributed by atoms with Crippen LogP contribution in [0.25, 0.3) is 0 Å². The van der Waals surface area contributed by atoms with Gasteiger partial charge in [-0.1, -0.05) is 6.92 Å². The Morgan fingerprint density at radius 3 is 3.00 bits per heavy atom. The Balaban J connectivity index is 2.24. The number of carbonyl (C=O) groups excluding carboxylic acids is 1. The molecular weight excluding hydrogens is 180 g/mol. The van der Waals surface area contributed by atoms with Crippen LogP contribution in [0.1, 0.15) is 26.7 Å². The van der Waals surface area contributed by atoms with Crippen LogP contribution in [0.4, 0.5) is 0 Å². The van der Waals surface area contributed by atoms with E-state index in [1.165, 1.54) is 0 Å². The van der Waals surface area contributed by atoms with Crippen molar-refractivity contribution in [2.75, 3.05) is 26.2 Å². The monoisotopic (exact) mass is 200 g/mol. The van der Waals surface area contributed by atoms with Gasteiger partial charge in [-0.3, -0.25) is 4.79 Å². The van der Waals surface area contributed by atoms with Crippen molar-refractivity contribution in [3.63, 3.8) is 0 Å². The Morgan fingerprint density at radius 1 is 1.64 bits per heavy atom. The van der Waals surface area contributed by atoms with E-state index >= 15 is 0 Å². The van der Waals surface area contributed by atoms with Crippen LogP contribution < -0.4 is 10.6 Å². The third-order valence-corrected chi connectivity index (χ3v) is 2.36. The molecule has 1 heterocycles. The molecule has 82 valence electrons. The van der Waals surface area contributed by atoms with Gasteiger partial charge in [0.15, 0.2) is 0 Å². The lowest BCUT2D eigenvalue weighted by atomic mass is 10.1. The molecule has 0 spiro atoms. The molecule has 0 radical (unpaired) electrons. The van der Waals surface area contributed by atoms with E-state index in [4.69, 9.17) is 4.74 Å². The second-order valence-corrected chi connectivity index (χ2v) is 4.00. The van der Waals surface area contributed by atoms with Crippen LogP contribution in [0.15, 0.2) is 0 Å². The summed E-state index contributed by atoms with van der Waals surface area (Å²) < 4.78 is 5.62. The van der Waals surface area contributed by atoms with Crippen LogP contribution in [-0.2, 0) is 9.53 Å². The van der Waals surface area contributed by atoms with Crippen LogP contribution in [-0.4, -0.2) is 37.7 Å². The summed E-state index contributed by atoms with van der Waals surface area (Å²) in [4.78, 5) is 11.2. The molecular formula is C10H20N2O2. The predicted molar refractivity (Wildman–Crippen MR) is 55.1 cm³/mol. The van der Waals surface area contributed by atoms with Gasteiger partial charge in [-0.25, -0.2) is 0 Å². The van der Waals surface area contributed by atoms with Gasteiger partial charge >= 0.3 is 0 Å². The molecule has 0 aromatic rings. The molecule has 1 aliphatic heterocycles. The maximum absolute atomic E-state index is 11.2. The number of morpholine rings is 1. The van der Waals surface area contributed by atoms with Crippen molar-refractivity contribution in [2.45, 2.75) is 32.3 Å². The van der Waals surface area contributed by atoms with Gasteiger partial charge in [-0.05, 0) is 13.3 Å². The van der Waals surface area contributed by atoms with Gasteiger partial charge in [-0.2, -0.15) is 0 Å². The van der Waals surface area contributed by atoms with E-state index in [0.29, 0.717) is 13.0 Å². The molecule has 0 aliphatic carbocycles. The van der Waals surface area contributed by atoms with E-state index in [1.54, 1.807) is 0 Å². The number of carbonyl (C=O) groups is 1. The molecule has 2 N–H and O–H groups in total. The third kappa shape index (κ3) is 3.64. The van der Waals surface area contributed by atoms with E-state index in [9.17, 15) is 4.79 Å². The lowest BCUT2D eigenvalue weighted by Crippen LogP contribution is -2.54. The van der Waals surface area contributed by atoms with E-state index in [1.807, 2.05) is 13.8 Å². The zero-order valence-electron chi connectivity index (χ0n) is 9.06. The highest BCUT2D eigenvalue weighted by Crippen LogP contribution is 2.10. The minimum atomic E-state index is -0.234. The highest BCUT2D eigenvalue weighted by atomic mass is 16.5. The average molecular weight is 200 g/mol. The summed E-state index contributed by atoms with van der Waals surface area (Å²) >= 11 is 0. The van der Waals surface area contributed by atoms with Crippen molar-refractivity contribution in [3.8, 4) is 0 Å². The fourth-order valence-corrected chi connectivity index (χ4v) is 1.49. The first-order valence-corrected chi connectivity index (χ1v) is 5.28. The molecule has 1 saturated heterocycles. The van der Waals surface area contributed by atoms with Gasteiger partial charge in [0.25, 0.3) is 0 Å². The summed E-state index contributed by atoms with van der Waals surface area (Å²) in [6.07, 6.45) is 1.49. The maximum atomic E-state index is 11.2. The summed E-state index contributed by atoms with van der Waals surface area (Å²) in [7, 11) is 0. The first kappa shape index (κ1) is 11.5. The molecule has 0 saturated carbocycles. The van der Waals surface area contributed by atoms with Gasteiger partial charge in [0, 0.05) is 26.1 Å². The van der Waals surface area contributed by atoms with Crippen LogP contribution in [0.2, 0.25) is 0 Å². The average Bonchev–Trinajstić information content (AvgIpc) is 2.17. The van der Waals surface area contributed by atoms with E-state index in [2.05, 4.69) is 10.6 Å². The highest BCUT2D eigenvalue weighted by molar-refractivity contribution is 5.75. The fraction of sp³-hybridized carbons (Fsp3) is 0.900. The van der Waals surface area contributed by atoms with Crippen LogP contribution in [0.3, 0.4) is 0 Å². The second-order valence-electron chi connectivity index (χ2n) is 4.00. The Labute approximate surface area is 85.4 Å². The largest absolute Gasteiger partial charge is 0.371 e. The first-order valence-electron chi connectivity index (χ1n) is 5.28. The van der Waals surface area contributed by atoms with Gasteiger partial charge in [0.1, 0.15) is 0 Å². The maximum Gasteiger partial charge on any atom is 0.220 e. The van der Waals surface area contributed by atoms with Crippen molar-refractivity contribution in [3.05, 3.63) is 0 Å². The third-order valence-electron chi connectivity index (χ3n) is 2.36. The minimum absolute atomic E-state index is 0.114. The lowest BCUT2D eigenvalue weighted by Gasteiger charge is -2.34. The molecule has 1 atom stereocenters. The molecule has 0 bridgehead atoms. The lowest BCUT2D eigenvalue weighted by molar-refractivity contribution is -0.123. The number of rotatable bonds is 4. The molecule has 0 aromatic heterocycles. The molecule has 1 unspecified atom stereocenters. The molecule has 1 fully saturated rings. The van der Waals surface area contributed by atoms with Gasteiger partial charge < -0.3 is 15.4 Å². The quantitative estimate of drug-likeness (QED) is 0.685. The Bertz CT molecular complexity index is 189. The molecule has 1 aliphatic rings. The molecule has 4 heteroatoms. The number of hydrogen-bond donors (Lipinski definition) is 2. The van der Waals surface area contributed by atoms with E-state index in [0.717, 1.165) is 26.1 Å². The van der Waals surface area contributed by atoms with Crippen LogP contribution in [0, 0.1) is 0 Å². The summed E-state index contributed by atoms with van der Waals surface area (Å²) in [5.74, 6) is 0.114. The SMILES string of the molecule is CCCC(=O)NCC1(C)CNCCO1. The zero-order valence-corrected chi connectivity index (χ0v) is 9.06. The van der Waals surface area contributed by atoms with E-state index < -0.39 is 0 Å². The van der Waals surface area contributed by atoms with Crippen molar-refractivity contribution < 1.29 is 9.53 Å². The predicted octanol–water partition coefficient (Wildman–Crippen LogP) is 0.281. The summed E-state index contributed by atoms with van der Waals surface area (Å²) in [5, 5.41) is 6.14. The van der Waals surface area contributed by atoms with Crippen LogP contribution >= 0.6 is 0 Å². The topological polar surface area (TPSA) is 50.4 Å². The summed E-state index contributed by atoms with van der Waals surface area (Å²) in [6.45, 7) is 7.04. The number of ether oxygens (including phenoxy) is 1. The standard InChI is InChI=1S/C10H20N2O2/c1-3-4-9(13)12-8-10(2)7-11-5-6-14-10/h11H,3-8H2,1-2H3,(H,12,13). The van der Waals surface area contributed by atoms with Crippen molar-refractivity contribution in [1.82, 2.24) is 10.6 Å². The van der Waals surface area contributed by atoms with Crippen molar-refractivity contribution >= 4 is 5.91 Å². The smallest absolute Gasteiger partial charge is 0.220 e. The molecule has 1 amide bonds. The molecule has 4 nitrogen and oxygen atoms in total. The first-order chi connectivity index (χ1) is 6.66. The fourth-order valence-electron chi connectivity index (χ4n) is 1.49. The number of hydrogen-bond acceptors (Lipinski definition) is 3. The number of amides is 1. The summed E-state index contributed by atoms with van der Waals surface area (Å²) in [5.41, 5.74) is -0.234. The molecule has 0 aromatic carbocycles. The van der Waals surface area contributed by atoms with Gasteiger partial charge in [-0.15, -0.1) is 0 Å². The van der Waals surface area contributed by atoms with Gasteiger partial charge in [0.05, 0.1) is 12.2 Å². The van der Waals surface area contributed by atoms with Crippen molar-refractivity contribution in [2.24, 2.45) is 0 Å². The summed E-state index contributed by atoms with van der Waals surface area (Å²) in [6, 6.07) is 0. The van der Waals surface area contributed by atoms with Crippen molar-refractivity contribution in [1.29, 1.82) is 0 Å². The van der Waals surface area contributed by atoms with Crippen LogP contribution in [0.5, 0.6) is 0 Å². The number of nitrogens with one attached hydrogen (secondary N) is 2. The Morgan fingerprint density at radius 2 is 2.43 bits per heavy atom. The Hall–Kier alpha value is -0.610.